The van der Waals surface area contributed by atoms with Crippen LogP contribution in [0, 0.1) is 0 Å². The normalized spacial score (nSPS) is 19.7. The van der Waals surface area contributed by atoms with Crippen LogP contribution in [0.1, 0.15) is 34.8 Å². The van der Waals surface area contributed by atoms with E-state index in [1.54, 1.807) is 6.07 Å². The Hall–Kier alpha value is -1.80. The number of hydrogen-bond donors (Lipinski definition) is 0. The van der Waals surface area contributed by atoms with Crippen LogP contribution in [-0.2, 0) is 0 Å². The summed E-state index contributed by atoms with van der Waals surface area (Å²) < 4.78 is 0. The van der Waals surface area contributed by atoms with E-state index in [2.05, 4.69) is 10.0 Å². The molecule has 0 spiro atoms. The summed E-state index contributed by atoms with van der Waals surface area (Å²) in [5.41, 5.74) is 9.95. The van der Waals surface area contributed by atoms with Crippen LogP contribution in [0.3, 0.4) is 0 Å². The number of fused-ring (bicyclic) bond motifs is 1. The van der Waals surface area contributed by atoms with Crippen LogP contribution in [0.4, 0.5) is 0 Å². The average Bonchev–Trinajstić information content (AvgIpc) is 2.23. The molecule has 2 rings (SSSR count). The molecule has 1 aromatic rings. The fourth-order valence-corrected chi connectivity index (χ4v) is 1.78. The summed E-state index contributed by atoms with van der Waals surface area (Å²) in [4.78, 5) is 14.3. The molecule has 0 aliphatic heterocycles. The van der Waals surface area contributed by atoms with E-state index in [4.69, 9.17) is 5.53 Å². The molecule has 1 aliphatic rings. The Kier molecular flexibility index (Phi) is 2.21. The first kappa shape index (κ1) is 8.78. The number of Topliss-reactive ketones (excluding diaryl/α,β-unsaturated/α-hetero) is 1. The second-order valence-corrected chi connectivity index (χ2v) is 3.27. The lowest BCUT2D eigenvalue weighted by Gasteiger charge is -2.20. The molecule has 0 saturated heterocycles. The molecule has 0 N–H and O–H groups in total. The third-order valence-corrected chi connectivity index (χ3v) is 2.46. The highest BCUT2D eigenvalue weighted by molar-refractivity contribution is 5.98. The first-order valence-corrected chi connectivity index (χ1v) is 4.49. The summed E-state index contributed by atoms with van der Waals surface area (Å²) >= 11 is 0. The predicted molar refractivity (Wildman–Crippen MR) is 51.9 cm³/mol. The Morgan fingerprint density at radius 1 is 1.43 bits per heavy atom. The van der Waals surface area contributed by atoms with Crippen LogP contribution in [0.15, 0.2) is 29.4 Å². The second-order valence-electron chi connectivity index (χ2n) is 3.27. The quantitative estimate of drug-likeness (QED) is 0.378. The smallest absolute Gasteiger partial charge is 0.163 e. The maximum absolute atomic E-state index is 11.5. The van der Waals surface area contributed by atoms with Crippen molar-refractivity contribution >= 4 is 5.78 Å². The summed E-state index contributed by atoms with van der Waals surface area (Å²) in [6.07, 6.45) is 1.10. The van der Waals surface area contributed by atoms with Crippen molar-refractivity contribution in [1.29, 1.82) is 0 Å². The SMILES string of the molecule is [N-]=[N+]=NC1CCC(=O)c2ccccc21. The van der Waals surface area contributed by atoms with Gasteiger partial charge in [0.2, 0.25) is 0 Å². The molecule has 4 nitrogen and oxygen atoms in total. The van der Waals surface area contributed by atoms with Crippen molar-refractivity contribution in [1.82, 2.24) is 0 Å². The molecule has 0 fully saturated rings. The van der Waals surface area contributed by atoms with Gasteiger partial charge in [0.15, 0.2) is 5.78 Å². The van der Waals surface area contributed by atoms with Crippen molar-refractivity contribution in [3.63, 3.8) is 0 Å². The van der Waals surface area contributed by atoms with Gasteiger partial charge in [0.25, 0.3) is 0 Å². The molecule has 1 atom stereocenters. The molecular weight excluding hydrogens is 178 g/mol. The van der Waals surface area contributed by atoms with Gasteiger partial charge in [-0.15, -0.1) is 0 Å². The Balaban J connectivity index is 2.51. The molecule has 4 heteroatoms. The number of benzene rings is 1. The standard InChI is InChI=1S/C10H9N3O/c11-13-12-9-5-6-10(14)8-4-2-1-3-7(8)9/h1-4,9H,5-6H2. The molecule has 1 aliphatic carbocycles. The van der Waals surface area contributed by atoms with Crippen LogP contribution in [0.5, 0.6) is 0 Å². The van der Waals surface area contributed by atoms with Gasteiger partial charge in [0.05, 0.1) is 6.04 Å². The number of rotatable bonds is 1. The first-order chi connectivity index (χ1) is 6.83. The van der Waals surface area contributed by atoms with Crippen molar-refractivity contribution in [2.75, 3.05) is 0 Å². The van der Waals surface area contributed by atoms with Gasteiger partial charge in [-0.1, -0.05) is 29.4 Å². The van der Waals surface area contributed by atoms with E-state index in [0.29, 0.717) is 18.4 Å². The van der Waals surface area contributed by atoms with Crippen LogP contribution >= 0.6 is 0 Å². The fourth-order valence-electron chi connectivity index (χ4n) is 1.78. The second kappa shape index (κ2) is 3.52. The van der Waals surface area contributed by atoms with E-state index in [1.165, 1.54) is 0 Å². The van der Waals surface area contributed by atoms with E-state index >= 15 is 0 Å². The van der Waals surface area contributed by atoms with Gasteiger partial charge in [-0.05, 0) is 17.5 Å². The average molecular weight is 187 g/mol. The zero-order chi connectivity index (χ0) is 9.97. The van der Waals surface area contributed by atoms with Gasteiger partial charge in [-0.25, -0.2) is 0 Å². The summed E-state index contributed by atoms with van der Waals surface area (Å²) in [5.74, 6) is 0.144. The molecule has 70 valence electrons. The van der Waals surface area contributed by atoms with Crippen LogP contribution in [0.25, 0.3) is 10.4 Å². The highest BCUT2D eigenvalue weighted by Crippen LogP contribution is 2.32. The molecule has 0 radical (unpaired) electrons. The van der Waals surface area contributed by atoms with Crippen LogP contribution in [-0.4, -0.2) is 5.78 Å². The fraction of sp³-hybridized carbons (Fsp3) is 0.300. The summed E-state index contributed by atoms with van der Waals surface area (Å²) in [5, 5.41) is 3.69. The van der Waals surface area contributed by atoms with E-state index in [-0.39, 0.29) is 11.8 Å². The number of nitrogens with zero attached hydrogens (tertiary/aromatic N) is 3. The molecule has 0 saturated carbocycles. The summed E-state index contributed by atoms with van der Waals surface area (Å²) in [6.45, 7) is 0. The predicted octanol–water partition coefficient (Wildman–Crippen LogP) is 3.01. The van der Waals surface area contributed by atoms with Crippen molar-refractivity contribution in [3.05, 3.63) is 45.8 Å². The van der Waals surface area contributed by atoms with Crippen molar-refractivity contribution in [3.8, 4) is 0 Å². The Bertz CT molecular complexity index is 421. The number of ketones is 1. The highest BCUT2D eigenvalue weighted by atomic mass is 16.1. The number of azide groups is 1. The van der Waals surface area contributed by atoms with Crippen molar-refractivity contribution < 1.29 is 4.79 Å². The van der Waals surface area contributed by atoms with Crippen LogP contribution in [0.2, 0.25) is 0 Å². The molecule has 0 aromatic heterocycles. The maximum Gasteiger partial charge on any atom is 0.163 e. The molecule has 1 unspecified atom stereocenters. The lowest BCUT2D eigenvalue weighted by molar-refractivity contribution is 0.0967. The van der Waals surface area contributed by atoms with E-state index in [1.807, 2.05) is 18.2 Å². The molecule has 0 heterocycles. The lowest BCUT2D eigenvalue weighted by Crippen LogP contribution is -2.13. The van der Waals surface area contributed by atoms with Gasteiger partial charge in [0.1, 0.15) is 0 Å². The minimum Gasteiger partial charge on any atom is -0.294 e. The topological polar surface area (TPSA) is 65.8 Å². The number of carbonyl (C=O) groups excluding carboxylic acids is 1. The highest BCUT2D eigenvalue weighted by Gasteiger charge is 2.23. The summed E-state index contributed by atoms with van der Waals surface area (Å²) in [7, 11) is 0. The third-order valence-electron chi connectivity index (χ3n) is 2.46. The third kappa shape index (κ3) is 1.36. The van der Waals surface area contributed by atoms with Crippen molar-refractivity contribution in [2.24, 2.45) is 5.11 Å². The van der Waals surface area contributed by atoms with E-state index < -0.39 is 0 Å². The van der Waals surface area contributed by atoms with E-state index in [9.17, 15) is 4.79 Å². The monoisotopic (exact) mass is 187 g/mol. The number of hydrogen-bond acceptors (Lipinski definition) is 2. The summed E-state index contributed by atoms with van der Waals surface area (Å²) in [6, 6.07) is 7.16. The zero-order valence-electron chi connectivity index (χ0n) is 7.55. The minimum atomic E-state index is -0.172. The largest absolute Gasteiger partial charge is 0.294 e. The zero-order valence-corrected chi connectivity index (χ0v) is 7.55. The lowest BCUT2D eigenvalue weighted by atomic mass is 9.87. The molecule has 0 bridgehead atoms. The van der Waals surface area contributed by atoms with Crippen LogP contribution < -0.4 is 0 Å². The number of carbonyl (C=O) groups is 1. The van der Waals surface area contributed by atoms with Gasteiger partial charge < -0.3 is 0 Å². The molecule has 14 heavy (non-hydrogen) atoms. The Morgan fingerprint density at radius 3 is 3.00 bits per heavy atom. The molecular formula is C10H9N3O. The minimum absolute atomic E-state index is 0.144. The van der Waals surface area contributed by atoms with Crippen molar-refractivity contribution in [2.45, 2.75) is 18.9 Å². The van der Waals surface area contributed by atoms with Gasteiger partial charge >= 0.3 is 0 Å². The molecule has 0 amide bonds. The first-order valence-electron chi connectivity index (χ1n) is 4.49. The molecule has 1 aromatic carbocycles. The Labute approximate surface area is 81.2 Å². The van der Waals surface area contributed by atoms with Gasteiger partial charge in [0, 0.05) is 16.9 Å². The van der Waals surface area contributed by atoms with Gasteiger partial charge in [-0.2, -0.15) is 0 Å². The van der Waals surface area contributed by atoms with Gasteiger partial charge in [-0.3, -0.25) is 4.79 Å². The van der Waals surface area contributed by atoms with E-state index in [0.717, 1.165) is 5.56 Å². The maximum atomic E-state index is 11.5. The Morgan fingerprint density at radius 2 is 2.21 bits per heavy atom.